The molecule has 0 radical (unpaired) electrons. The first-order valence-corrected chi connectivity index (χ1v) is 11.2. The van der Waals surface area contributed by atoms with Crippen LogP contribution in [0.25, 0.3) is 10.9 Å². The van der Waals surface area contributed by atoms with Crippen LogP contribution in [0, 0.1) is 13.8 Å². The number of benzene rings is 3. The van der Waals surface area contributed by atoms with E-state index in [1.165, 1.54) is 0 Å². The fourth-order valence-electron chi connectivity index (χ4n) is 3.82. The molecular formula is C26H23Cl2N3O2. The zero-order valence-electron chi connectivity index (χ0n) is 18.3. The number of hydrogen-bond donors (Lipinski definition) is 2. The zero-order valence-corrected chi connectivity index (χ0v) is 19.8. The Morgan fingerprint density at radius 1 is 0.939 bits per heavy atom. The van der Waals surface area contributed by atoms with Gasteiger partial charge in [0.2, 0.25) is 0 Å². The van der Waals surface area contributed by atoms with E-state index in [9.17, 15) is 9.59 Å². The second-order valence-corrected chi connectivity index (χ2v) is 8.90. The number of rotatable bonds is 5. The minimum atomic E-state index is -0.350. The van der Waals surface area contributed by atoms with Crippen molar-refractivity contribution in [2.24, 2.45) is 0 Å². The third kappa shape index (κ3) is 5.38. The number of urea groups is 1. The molecule has 168 valence electrons. The summed E-state index contributed by atoms with van der Waals surface area (Å²) in [6, 6.07) is 19.7. The fourth-order valence-corrected chi connectivity index (χ4v) is 4.14. The molecule has 2 N–H and O–H groups in total. The Labute approximate surface area is 202 Å². The Hall–Kier alpha value is -3.28. The van der Waals surface area contributed by atoms with Gasteiger partial charge in [0.25, 0.3) is 5.56 Å². The van der Waals surface area contributed by atoms with Crippen molar-refractivity contribution < 1.29 is 4.79 Å². The quantitative estimate of drug-likeness (QED) is 0.334. The molecule has 1 heterocycles. The molecule has 33 heavy (non-hydrogen) atoms. The van der Waals surface area contributed by atoms with Gasteiger partial charge in [0.1, 0.15) is 0 Å². The molecule has 1 aromatic heterocycles. The predicted octanol–water partition coefficient (Wildman–Crippen LogP) is 6.69. The summed E-state index contributed by atoms with van der Waals surface area (Å²) in [5.41, 5.74) is 4.57. The lowest BCUT2D eigenvalue weighted by molar-refractivity contribution is 0.206. The Morgan fingerprint density at radius 3 is 2.36 bits per heavy atom. The van der Waals surface area contributed by atoms with Crippen LogP contribution in [0.3, 0.4) is 0 Å². The number of aryl methyl sites for hydroxylation is 2. The number of fused-ring (bicyclic) bond motifs is 1. The van der Waals surface area contributed by atoms with Crippen LogP contribution in [-0.4, -0.2) is 15.9 Å². The van der Waals surface area contributed by atoms with Gasteiger partial charge in [-0.15, -0.1) is 0 Å². The summed E-state index contributed by atoms with van der Waals surface area (Å²) in [5, 5.41) is 4.94. The standard InChI is InChI=1S/C26H23Cl2N3O2/c1-16-11-17(2)24-19(12-16)13-20(25(32)30-24)15-31(14-18-5-3-4-6-23(18)28)26(33)29-22-9-7-21(27)8-10-22/h3-13H,14-15H2,1-2H3,(H,29,33)(H,30,32). The second kappa shape index (κ2) is 9.69. The first-order valence-electron chi connectivity index (χ1n) is 10.5. The van der Waals surface area contributed by atoms with Crippen molar-refractivity contribution in [2.75, 3.05) is 5.32 Å². The van der Waals surface area contributed by atoms with E-state index >= 15 is 0 Å². The van der Waals surface area contributed by atoms with Crippen LogP contribution in [0.5, 0.6) is 0 Å². The van der Waals surface area contributed by atoms with Crippen LogP contribution >= 0.6 is 23.2 Å². The number of halogens is 2. The van der Waals surface area contributed by atoms with Crippen LogP contribution in [0.15, 0.2) is 71.5 Å². The second-order valence-electron chi connectivity index (χ2n) is 8.05. The number of nitrogens with one attached hydrogen (secondary N) is 2. The van der Waals surface area contributed by atoms with Crippen LogP contribution in [0.2, 0.25) is 10.0 Å². The smallest absolute Gasteiger partial charge is 0.321 e. The van der Waals surface area contributed by atoms with E-state index in [-0.39, 0.29) is 24.7 Å². The van der Waals surface area contributed by atoms with E-state index in [0.717, 1.165) is 27.6 Å². The Balaban J connectivity index is 1.69. The van der Waals surface area contributed by atoms with Gasteiger partial charge < -0.3 is 15.2 Å². The lowest BCUT2D eigenvalue weighted by atomic mass is 10.0. The van der Waals surface area contributed by atoms with Gasteiger partial charge in [0.15, 0.2) is 0 Å². The molecular weight excluding hydrogens is 457 g/mol. The van der Waals surface area contributed by atoms with Crippen molar-refractivity contribution in [3.63, 3.8) is 0 Å². The van der Waals surface area contributed by atoms with E-state index in [1.54, 1.807) is 35.2 Å². The van der Waals surface area contributed by atoms with Crippen molar-refractivity contribution in [2.45, 2.75) is 26.9 Å². The van der Waals surface area contributed by atoms with Gasteiger partial charge >= 0.3 is 6.03 Å². The van der Waals surface area contributed by atoms with Gasteiger partial charge in [-0.25, -0.2) is 4.79 Å². The number of aromatic nitrogens is 1. The number of carbonyl (C=O) groups excluding carboxylic acids is 1. The number of carbonyl (C=O) groups is 1. The van der Waals surface area contributed by atoms with E-state index in [0.29, 0.717) is 21.3 Å². The van der Waals surface area contributed by atoms with Crippen LogP contribution in [0.1, 0.15) is 22.3 Å². The minimum Gasteiger partial charge on any atom is -0.321 e. The molecule has 5 nitrogen and oxygen atoms in total. The van der Waals surface area contributed by atoms with Gasteiger partial charge in [0, 0.05) is 27.8 Å². The average molecular weight is 480 g/mol. The van der Waals surface area contributed by atoms with Gasteiger partial charge in [-0.3, -0.25) is 4.79 Å². The van der Waals surface area contributed by atoms with Crippen LogP contribution in [0.4, 0.5) is 10.5 Å². The molecule has 0 aliphatic heterocycles. The summed E-state index contributed by atoms with van der Waals surface area (Å²) in [4.78, 5) is 30.7. The van der Waals surface area contributed by atoms with E-state index in [2.05, 4.69) is 10.3 Å². The van der Waals surface area contributed by atoms with Crippen LogP contribution in [-0.2, 0) is 13.1 Å². The number of hydrogen-bond acceptors (Lipinski definition) is 2. The number of aromatic amines is 1. The SMILES string of the molecule is Cc1cc(C)c2[nH]c(=O)c(CN(Cc3ccccc3Cl)C(=O)Nc3ccc(Cl)cc3)cc2c1. The first-order chi connectivity index (χ1) is 15.8. The molecule has 4 rings (SSSR count). The number of anilines is 1. The molecule has 7 heteroatoms. The summed E-state index contributed by atoms with van der Waals surface area (Å²) >= 11 is 12.3. The Kier molecular flexibility index (Phi) is 6.72. The number of amides is 2. The fraction of sp³-hybridized carbons (Fsp3) is 0.154. The van der Waals surface area contributed by atoms with Gasteiger partial charge in [-0.2, -0.15) is 0 Å². The molecule has 3 aromatic carbocycles. The topological polar surface area (TPSA) is 65.2 Å². The maximum atomic E-state index is 13.2. The maximum Gasteiger partial charge on any atom is 0.322 e. The lowest BCUT2D eigenvalue weighted by Crippen LogP contribution is -2.35. The van der Waals surface area contributed by atoms with E-state index in [1.807, 2.05) is 50.2 Å². The molecule has 0 atom stereocenters. The third-order valence-electron chi connectivity index (χ3n) is 5.43. The summed E-state index contributed by atoms with van der Waals surface area (Å²) in [7, 11) is 0. The summed E-state index contributed by atoms with van der Waals surface area (Å²) < 4.78 is 0. The maximum absolute atomic E-state index is 13.2. The molecule has 2 amide bonds. The zero-order chi connectivity index (χ0) is 23.5. The molecule has 0 aliphatic carbocycles. The highest BCUT2D eigenvalue weighted by molar-refractivity contribution is 6.31. The van der Waals surface area contributed by atoms with Crippen molar-refractivity contribution in [1.82, 2.24) is 9.88 Å². The highest BCUT2D eigenvalue weighted by Crippen LogP contribution is 2.22. The number of nitrogens with zero attached hydrogens (tertiary/aromatic N) is 1. The van der Waals surface area contributed by atoms with Gasteiger partial charge in [-0.1, -0.05) is 53.0 Å². The largest absolute Gasteiger partial charge is 0.322 e. The summed E-state index contributed by atoms with van der Waals surface area (Å²) in [6.07, 6.45) is 0. The Morgan fingerprint density at radius 2 is 1.64 bits per heavy atom. The van der Waals surface area contributed by atoms with Gasteiger partial charge in [0.05, 0.1) is 12.1 Å². The van der Waals surface area contributed by atoms with E-state index < -0.39 is 0 Å². The molecule has 0 aliphatic rings. The lowest BCUT2D eigenvalue weighted by Gasteiger charge is -2.24. The molecule has 0 unspecified atom stereocenters. The molecule has 0 saturated heterocycles. The summed E-state index contributed by atoms with van der Waals surface area (Å²) in [5.74, 6) is 0. The highest BCUT2D eigenvalue weighted by atomic mass is 35.5. The van der Waals surface area contributed by atoms with Crippen LogP contribution < -0.4 is 10.9 Å². The van der Waals surface area contributed by atoms with Crippen molar-refractivity contribution in [1.29, 1.82) is 0 Å². The summed E-state index contributed by atoms with van der Waals surface area (Å²) in [6.45, 7) is 4.33. The van der Waals surface area contributed by atoms with E-state index in [4.69, 9.17) is 23.2 Å². The monoisotopic (exact) mass is 479 g/mol. The van der Waals surface area contributed by atoms with Crippen molar-refractivity contribution >= 4 is 45.8 Å². The van der Waals surface area contributed by atoms with Crippen molar-refractivity contribution in [3.05, 3.63) is 109 Å². The molecule has 0 bridgehead atoms. The normalized spacial score (nSPS) is 10.9. The average Bonchev–Trinajstić information content (AvgIpc) is 2.77. The number of H-pyrrole nitrogens is 1. The minimum absolute atomic E-state index is 0.114. The molecule has 4 aromatic rings. The molecule has 0 fully saturated rings. The Bertz CT molecular complexity index is 1380. The third-order valence-corrected chi connectivity index (χ3v) is 6.05. The van der Waals surface area contributed by atoms with Crippen molar-refractivity contribution in [3.8, 4) is 0 Å². The molecule has 0 saturated carbocycles. The van der Waals surface area contributed by atoms with Gasteiger partial charge in [-0.05, 0) is 72.8 Å². The predicted molar refractivity (Wildman–Crippen MR) is 135 cm³/mol. The molecule has 0 spiro atoms. The number of pyridine rings is 1. The highest BCUT2D eigenvalue weighted by Gasteiger charge is 2.18. The first kappa shape index (κ1) is 22.9.